The Morgan fingerprint density at radius 3 is 2.33 bits per heavy atom. The van der Waals surface area contributed by atoms with E-state index in [4.69, 9.17) is 0 Å². The fourth-order valence-electron chi connectivity index (χ4n) is 2.43. The van der Waals surface area contributed by atoms with Crippen LogP contribution in [0.4, 0.5) is 0 Å². The van der Waals surface area contributed by atoms with Crippen molar-refractivity contribution in [3.05, 3.63) is 35.4 Å². The summed E-state index contributed by atoms with van der Waals surface area (Å²) in [5.41, 5.74) is 2.93. The molecule has 0 bridgehead atoms. The predicted octanol–water partition coefficient (Wildman–Crippen LogP) is 3.58. The number of hydrogen-bond donors (Lipinski definition) is 0. The minimum atomic E-state index is 0.639. The molecule has 15 heavy (non-hydrogen) atoms. The zero-order valence-electron chi connectivity index (χ0n) is 10.0. The molecule has 1 saturated heterocycles. The van der Waals surface area contributed by atoms with Gasteiger partial charge in [-0.05, 0) is 43.5 Å². The van der Waals surface area contributed by atoms with Crippen molar-refractivity contribution in [2.75, 3.05) is 13.6 Å². The number of rotatable bonds is 2. The first-order chi connectivity index (χ1) is 7.18. The van der Waals surface area contributed by atoms with E-state index in [2.05, 4.69) is 50.1 Å². The van der Waals surface area contributed by atoms with E-state index in [1.54, 1.807) is 0 Å². The summed E-state index contributed by atoms with van der Waals surface area (Å²) in [6, 6.07) is 9.84. The Kier molecular flexibility index (Phi) is 3.11. The van der Waals surface area contributed by atoms with Crippen molar-refractivity contribution in [3.8, 4) is 0 Å². The summed E-state index contributed by atoms with van der Waals surface area (Å²) in [6.07, 6.45) is 2.66. The highest BCUT2D eigenvalue weighted by atomic mass is 15.1. The lowest BCUT2D eigenvalue weighted by Gasteiger charge is -2.20. The van der Waals surface area contributed by atoms with Crippen molar-refractivity contribution >= 4 is 0 Å². The maximum atomic E-state index is 2.46. The Labute approximate surface area is 93.1 Å². The average Bonchev–Trinajstić information content (AvgIpc) is 2.65. The van der Waals surface area contributed by atoms with E-state index in [9.17, 15) is 0 Å². The lowest BCUT2D eigenvalue weighted by molar-refractivity contribution is 0.317. The minimum absolute atomic E-state index is 0.639. The fourth-order valence-corrected chi connectivity index (χ4v) is 2.43. The van der Waals surface area contributed by atoms with Crippen molar-refractivity contribution in [2.45, 2.75) is 38.6 Å². The molecule has 82 valence electrons. The van der Waals surface area contributed by atoms with E-state index >= 15 is 0 Å². The summed E-state index contributed by atoms with van der Waals surface area (Å²) in [5.74, 6) is 0.639. The van der Waals surface area contributed by atoms with Crippen molar-refractivity contribution in [1.82, 2.24) is 4.90 Å². The molecule has 1 heterocycles. The molecule has 1 heteroatoms. The molecule has 0 unspecified atom stereocenters. The van der Waals surface area contributed by atoms with E-state index < -0.39 is 0 Å². The van der Waals surface area contributed by atoms with Crippen LogP contribution in [0.5, 0.6) is 0 Å². The maximum absolute atomic E-state index is 2.46. The Morgan fingerprint density at radius 1 is 1.20 bits per heavy atom. The molecule has 0 aromatic heterocycles. The summed E-state index contributed by atoms with van der Waals surface area (Å²) in [4.78, 5) is 2.46. The smallest absolute Gasteiger partial charge is 0.0345 e. The van der Waals surface area contributed by atoms with Gasteiger partial charge in [0.05, 0.1) is 0 Å². The van der Waals surface area contributed by atoms with E-state index in [-0.39, 0.29) is 0 Å². The molecular formula is C14H21N. The first-order valence-corrected chi connectivity index (χ1v) is 5.98. The second kappa shape index (κ2) is 4.36. The lowest BCUT2D eigenvalue weighted by atomic mass is 9.98. The predicted molar refractivity (Wildman–Crippen MR) is 65.1 cm³/mol. The summed E-state index contributed by atoms with van der Waals surface area (Å²) >= 11 is 0. The molecule has 1 atom stereocenters. The van der Waals surface area contributed by atoms with E-state index in [1.807, 2.05) is 0 Å². The summed E-state index contributed by atoms with van der Waals surface area (Å²) in [5, 5.41) is 0. The van der Waals surface area contributed by atoms with Gasteiger partial charge in [-0.3, -0.25) is 4.90 Å². The van der Waals surface area contributed by atoms with Gasteiger partial charge >= 0.3 is 0 Å². The average molecular weight is 203 g/mol. The van der Waals surface area contributed by atoms with Gasteiger partial charge in [-0.1, -0.05) is 38.1 Å². The van der Waals surface area contributed by atoms with Crippen molar-refractivity contribution in [2.24, 2.45) is 0 Å². The Bertz CT molecular complexity index is 313. The summed E-state index contributed by atoms with van der Waals surface area (Å²) in [6.45, 7) is 5.74. The van der Waals surface area contributed by atoms with Crippen molar-refractivity contribution in [1.29, 1.82) is 0 Å². The van der Waals surface area contributed by atoms with Gasteiger partial charge in [0.1, 0.15) is 0 Å². The molecule has 0 amide bonds. The van der Waals surface area contributed by atoms with Crippen LogP contribution in [0, 0.1) is 0 Å². The Hall–Kier alpha value is -0.820. The van der Waals surface area contributed by atoms with Gasteiger partial charge in [0.25, 0.3) is 0 Å². The molecule has 0 saturated carbocycles. The van der Waals surface area contributed by atoms with Crippen LogP contribution in [0.3, 0.4) is 0 Å². The van der Waals surface area contributed by atoms with Crippen LogP contribution in [0.15, 0.2) is 24.3 Å². The lowest BCUT2D eigenvalue weighted by Crippen LogP contribution is -2.17. The minimum Gasteiger partial charge on any atom is -0.299 e. The molecule has 0 radical (unpaired) electrons. The quantitative estimate of drug-likeness (QED) is 0.710. The largest absolute Gasteiger partial charge is 0.299 e. The molecule has 1 aliphatic heterocycles. The van der Waals surface area contributed by atoms with Crippen LogP contribution in [0.25, 0.3) is 0 Å². The first kappa shape index (κ1) is 10.7. The second-order valence-corrected chi connectivity index (χ2v) is 4.96. The Morgan fingerprint density at radius 2 is 1.87 bits per heavy atom. The maximum Gasteiger partial charge on any atom is 0.0345 e. The second-order valence-electron chi connectivity index (χ2n) is 4.96. The van der Waals surface area contributed by atoms with Crippen LogP contribution in [0.1, 0.15) is 49.8 Å². The van der Waals surface area contributed by atoms with E-state index in [1.165, 1.54) is 30.5 Å². The topological polar surface area (TPSA) is 3.24 Å². The van der Waals surface area contributed by atoms with Gasteiger partial charge in [0.15, 0.2) is 0 Å². The molecular weight excluding hydrogens is 182 g/mol. The molecule has 0 N–H and O–H groups in total. The number of nitrogens with zero attached hydrogens (tertiary/aromatic N) is 1. The fraction of sp³-hybridized carbons (Fsp3) is 0.571. The van der Waals surface area contributed by atoms with E-state index in [0.717, 1.165) is 0 Å². The molecule has 0 spiro atoms. The van der Waals surface area contributed by atoms with Crippen LogP contribution in [-0.4, -0.2) is 18.5 Å². The van der Waals surface area contributed by atoms with Crippen LogP contribution >= 0.6 is 0 Å². The summed E-state index contributed by atoms with van der Waals surface area (Å²) in [7, 11) is 2.23. The van der Waals surface area contributed by atoms with Crippen molar-refractivity contribution in [3.63, 3.8) is 0 Å². The third-order valence-electron chi connectivity index (χ3n) is 3.51. The van der Waals surface area contributed by atoms with Gasteiger partial charge in [0, 0.05) is 6.04 Å². The molecule has 1 aliphatic rings. The zero-order chi connectivity index (χ0) is 10.8. The number of hydrogen-bond acceptors (Lipinski definition) is 1. The first-order valence-electron chi connectivity index (χ1n) is 5.98. The van der Waals surface area contributed by atoms with Crippen LogP contribution in [0.2, 0.25) is 0 Å². The molecule has 2 rings (SSSR count). The number of benzene rings is 1. The zero-order valence-corrected chi connectivity index (χ0v) is 10.0. The third kappa shape index (κ3) is 2.23. The SMILES string of the molecule is CC(C)c1ccc([C@H]2CCCN2C)cc1. The number of likely N-dealkylation sites (tertiary alicyclic amines) is 1. The highest BCUT2D eigenvalue weighted by Crippen LogP contribution is 2.30. The molecule has 0 aliphatic carbocycles. The van der Waals surface area contributed by atoms with Crippen LogP contribution in [-0.2, 0) is 0 Å². The van der Waals surface area contributed by atoms with Gasteiger partial charge in [-0.2, -0.15) is 0 Å². The summed E-state index contributed by atoms with van der Waals surface area (Å²) < 4.78 is 0. The van der Waals surface area contributed by atoms with Gasteiger partial charge in [-0.25, -0.2) is 0 Å². The normalized spacial score (nSPS) is 22.5. The van der Waals surface area contributed by atoms with Crippen molar-refractivity contribution < 1.29 is 0 Å². The molecule has 1 aromatic rings. The van der Waals surface area contributed by atoms with E-state index in [0.29, 0.717) is 12.0 Å². The molecule has 1 nitrogen and oxygen atoms in total. The van der Waals surface area contributed by atoms with Gasteiger partial charge in [-0.15, -0.1) is 0 Å². The standard InChI is InChI=1S/C14H21N/c1-11(2)12-6-8-13(9-7-12)14-5-4-10-15(14)3/h6-9,11,14H,4-5,10H2,1-3H3/t14-/m1/s1. The third-order valence-corrected chi connectivity index (χ3v) is 3.51. The van der Waals surface area contributed by atoms with Gasteiger partial charge in [0.2, 0.25) is 0 Å². The molecule has 1 fully saturated rings. The van der Waals surface area contributed by atoms with Gasteiger partial charge < -0.3 is 0 Å². The van der Waals surface area contributed by atoms with Crippen LogP contribution < -0.4 is 0 Å². The molecule has 1 aromatic carbocycles. The highest BCUT2D eigenvalue weighted by Gasteiger charge is 2.22. The Balaban J connectivity index is 2.16. The highest BCUT2D eigenvalue weighted by molar-refractivity contribution is 5.27. The monoisotopic (exact) mass is 203 g/mol.